The van der Waals surface area contributed by atoms with Gasteiger partial charge in [-0.2, -0.15) is 0 Å². The number of fused-ring (bicyclic) bond motifs is 4. The number of nitrogens with zero attached hydrogens (tertiary/aromatic N) is 1. The Morgan fingerprint density at radius 3 is 2.50 bits per heavy atom. The summed E-state index contributed by atoms with van der Waals surface area (Å²) in [5, 5.41) is 13.2. The molecule has 185 valence electrons. The number of carbonyl (C=O) groups excluding carboxylic acids is 1. The van der Waals surface area contributed by atoms with Crippen LogP contribution in [0.4, 0.5) is 0 Å². The van der Waals surface area contributed by atoms with Gasteiger partial charge in [0.15, 0.2) is 5.78 Å². The molecular weight excluding hydrogens is 627 g/mol. The molecule has 1 aliphatic carbocycles. The standard InChI is InChI=1S/C26H20NO.C5H8O2.Ir/c1-14-8-10-16-13-27-24-17-6-5-7-20-21(17)22-19(11-9-15(2)25(22)28-20)26(3,4)23(24)18(16)12-14;1-4(6)3-5(2)7;/h5,7-13H,1-4H3;3,6H,1-2H3;/q-1;;/b;4-3-;. The molecule has 0 amide bonds. The summed E-state index contributed by atoms with van der Waals surface area (Å²) in [6.45, 7) is 11.7. The molecular formula is C31H28IrNO3-. The summed E-state index contributed by atoms with van der Waals surface area (Å²) >= 11 is 0. The van der Waals surface area contributed by atoms with E-state index in [2.05, 4.69) is 64.1 Å². The fourth-order valence-corrected chi connectivity index (χ4v) is 5.27. The zero-order valence-corrected chi connectivity index (χ0v) is 23.6. The second-order valence-corrected chi connectivity index (χ2v) is 9.92. The molecule has 36 heavy (non-hydrogen) atoms. The van der Waals surface area contributed by atoms with Crippen LogP contribution in [0.3, 0.4) is 0 Å². The Kier molecular flexibility index (Phi) is 6.68. The molecule has 2 heterocycles. The van der Waals surface area contributed by atoms with E-state index >= 15 is 0 Å². The van der Waals surface area contributed by atoms with Crippen LogP contribution < -0.4 is 0 Å². The number of carbonyl (C=O) groups is 1. The van der Waals surface area contributed by atoms with Gasteiger partial charge in [-0.15, -0.1) is 17.7 Å². The van der Waals surface area contributed by atoms with Crippen LogP contribution >= 0.6 is 0 Å². The van der Waals surface area contributed by atoms with Gasteiger partial charge in [0.2, 0.25) is 0 Å². The minimum atomic E-state index is -0.217. The van der Waals surface area contributed by atoms with Gasteiger partial charge < -0.3 is 14.5 Å². The maximum Gasteiger partial charge on any atom is 0.155 e. The maximum absolute atomic E-state index is 10.0. The summed E-state index contributed by atoms with van der Waals surface area (Å²) in [7, 11) is 0. The van der Waals surface area contributed by atoms with E-state index in [1.807, 2.05) is 18.3 Å². The number of hydrogen-bond acceptors (Lipinski definition) is 4. The molecule has 5 aromatic rings. The molecule has 0 fully saturated rings. The van der Waals surface area contributed by atoms with Crippen LogP contribution in [0, 0.1) is 19.9 Å². The molecule has 0 saturated heterocycles. The monoisotopic (exact) mass is 655 g/mol. The van der Waals surface area contributed by atoms with E-state index < -0.39 is 0 Å². The number of aliphatic hydroxyl groups excluding tert-OH is 1. The summed E-state index contributed by atoms with van der Waals surface area (Å²) in [5.41, 5.74) is 8.74. The van der Waals surface area contributed by atoms with E-state index in [0.29, 0.717) is 0 Å². The first kappa shape index (κ1) is 25.8. The SMILES string of the molecule is CC(=O)/C=C(/C)O.Cc1ccc2cnc3c(c2c1)C(C)(C)c1ccc(C)c2oc4cc[c-]c-3c4c12.[Ir]. The van der Waals surface area contributed by atoms with Gasteiger partial charge in [0, 0.05) is 37.8 Å². The van der Waals surface area contributed by atoms with Gasteiger partial charge in [-0.1, -0.05) is 61.2 Å². The van der Waals surface area contributed by atoms with Gasteiger partial charge in [0.1, 0.15) is 5.58 Å². The zero-order valence-electron chi connectivity index (χ0n) is 21.2. The Labute approximate surface area is 224 Å². The van der Waals surface area contributed by atoms with Crippen molar-refractivity contribution in [2.45, 2.75) is 47.0 Å². The van der Waals surface area contributed by atoms with Crippen LogP contribution in [0.5, 0.6) is 0 Å². The number of aromatic nitrogens is 1. The topological polar surface area (TPSA) is 63.3 Å². The number of hydrogen-bond donors (Lipinski definition) is 1. The Morgan fingerprint density at radius 1 is 1.08 bits per heavy atom. The van der Waals surface area contributed by atoms with E-state index in [9.17, 15) is 4.79 Å². The van der Waals surface area contributed by atoms with Gasteiger partial charge in [-0.25, -0.2) is 0 Å². The largest absolute Gasteiger partial charge is 0.512 e. The van der Waals surface area contributed by atoms with E-state index in [0.717, 1.165) is 33.4 Å². The molecule has 0 unspecified atom stereocenters. The molecule has 0 aliphatic heterocycles. The van der Waals surface area contributed by atoms with Crippen molar-refractivity contribution in [3.63, 3.8) is 0 Å². The first-order chi connectivity index (χ1) is 16.6. The van der Waals surface area contributed by atoms with Crippen LogP contribution in [0.25, 0.3) is 44.0 Å². The third-order valence-electron chi connectivity index (χ3n) is 6.77. The minimum Gasteiger partial charge on any atom is -0.512 e. The molecule has 2 aromatic heterocycles. The van der Waals surface area contributed by atoms with Crippen molar-refractivity contribution in [2.75, 3.05) is 0 Å². The summed E-state index contributed by atoms with van der Waals surface area (Å²) in [6.07, 6.45) is 3.16. The van der Waals surface area contributed by atoms with Crippen LogP contribution in [0.15, 0.2) is 64.9 Å². The van der Waals surface area contributed by atoms with Crippen LogP contribution in [-0.2, 0) is 30.3 Å². The quantitative estimate of drug-likeness (QED) is 0.113. The maximum atomic E-state index is 10.0. The van der Waals surface area contributed by atoms with Crippen molar-refractivity contribution in [3.05, 3.63) is 88.8 Å². The van der Waals surface area contributed by atoms with E-state index in [4.69, 9.17) is 14.5 Å². The molecule has 6 rings (SSSR count). The fourth-order valence-electron chi connectivity index (χ4n) is 5.27. The number of benzene rings is 3. The van der Waals surface area contributed by atoms with Crippen molar-refractivity contribution in [2.24, 2.45) is 0 Å². The Hall–Kier alpha value is -3.27. The van der Waals surface area contributed by atoms with Gasteiger partial charge in [-0.05, 0) is 66.2 Å². The van der Waals surface area contributed by atoms with Crippen LogP contribution in [0.2, 0.25) is 0 Å². The molecule has 1 N–H and O–H groups in total. The van der Waals surface area contributed by atoms with Gasteiger partial charge in [0.25, 0.3) is 0 Å². The first-order valence-electron chi connectivity index (χ1n) is 11.7. The minimum absolute atomic E-state index is 0. The molecule has 0 atom stereocenters. The number of aryl methyl sites for hydroxylation is 2. The van der Waals surface area contributed by atoms with Crippen molar-refractivity contribution in [3.8, 4) is 11.3 Å². The van der Waals surface area contributed by atoms with E-state index in [-0.39, 0.29) is 37.1 Å². The third-order valence-corrected chi connectivity index (χ3v) is 6.77. The number of rotatable bonds is 1. The van der Waals surface area contributed by atoms with Gasteiger partial charge in [0.05, 0.1) is 11.3 Å². The Morgan fingerprint density at radius 2 is 1.83 bits per heavy atom. The number of furan rings is 1. The first-order valence-corrected chi connectivity index (χ1v) is 11.7. The zero-order chi connectivity index (χ0) is 25.1. The predicted octanol–water partition coefficient (Wildman–Crippen LogP) is 7.89. The van der Waals surface area contributed by atoms with E-state index in [1.54, 1.807) is 0 Å². The third kappa shape index (κ3) is 4.07. The van der Waals surface area contributed by atoms with Crippen LogP contribution in [0.1, 0.15) is 49.9 Å². The Balaban J connectivity index is 0.000000338. The smallest absolute Gasteiger partial charge is 0.155 e. The number of pyridine rings is 1. The average molecular weight is 655 g/mol. The molecule has 0 spiro atoms. The summed E-state index contributed by atoms with van der Waals surface area (Å²) in [4.78, 5) is 15.0. The van der Waals surface area contributed by atoms with Crippen LogP contribution in [-0.4, -0.2) is 15.9 Å². The molecule has 3 aromatic carbocycles. The summed E-state index contributed by atoms with van der Waals surface area (Å²) < 4.78 is 6.31. The number of aliphatic hydroxyl groups is 1. The second kappa shape index (κ2) is 9.31. The molecule has 0 saturated carbocycles. The second-order valence-electron chi connectivity index (χ2n) is 9.92. The molecule has 5 heteroatoms. The van der Waals surface area contributed by atoms with Gasteiger partial charge >= 0.3 is 0 Å². The molecule has 0 bridgehead atoms. The van der Waals surface area contributed by atoms with Gasteiger partial charge in [-0.3, -0.25) is 4.79 Å². The predicted molar refractivity (Wildman–Crippen MR) is 142 cm³/mol. The van der Waals surface area contributed by atoms with Crippen molar-refractivity contribution >= 4 is 38.5 Å². The Bertz CT molecular complexity index is 1690. The average Bonchev–Trinajstić information content (AvgIpc) is 3.14. The van der Waals surface area contributed by atoms with Crippen molar-refractivity contribution < 1.29 is 34.4 Å². The molecule has 4 nitrogen and oxygen atoms in total. The fraction of sp³-hybridized carbons (Fsp3) is 0.226. The number of ketones is 1. The number of allylic oxidation sites excluding steroid dienone is 2. The summed E-state index contributed by atoms with van der Waals surface area (Å²) in [5.74, 6) is -0.0625. The van der Waals surface area contributed by atoms with Crippen molar-refractivity contribution in [1.82, 2.24) is 4.98 Å². The normalized spacial score (nSPS) is 13.7. The molecule has 1 aliphatic rings. The van der Waals surface area contributed by atoms with Crippen molar-refractivity contribution in [1.29, 1.82) is 0 Å². The van der Waals surface area contributed by atoms with E-state index in [1.165, 1.54) is 52.8 Å². The summed E-state index contributed by atoms with van der Waals surface area (Å²) in [6, 6.07) is 18.6. The molecule has 1 radical (unpaired) electrons.